The van der Waals surface area contributed by atoms with Crippen molar-refractivity contribution in [1.29, 1.82) is 0 Å². The van der Waals surface area contributed by atoms with Crippen molar-refractivity contribution in [3.8, 4) is 0 Å². The molecule has 5 heteroatoms. The van der Waals surface area contributed by atoms with Crippen molar-refractivity contribution in [3.63, 3.8) is 0 Å². The first kappa shape index (κ1) is 17.7. The molecular weight excluding hydrogens is 320 g/mol. The molecule has 0 spiro atoms. The number of pyridine rings is 1. The Bertz CT molecular complexity index is 538. The van der Waals surface area contributed by atoms with Crippen molar-refractivity contribution >= 4 is 17.7 Å². The lowest BCUT2D eigenvalue weighted by Crippen LogP contribution is -2.39. The Balaban J connectivity index is 1.61. The summed E-state index contributed by atoms with van der Waals surface area (Å²) in [4.78, 5) is 19.3. The van der Waals surface area contributed by atoms with Crippen molar-refractivity contribution in [1.82, 2.24) is 9.88 Å². The van der Waals surface area contributed by atoms with Crippen LogP contribution < -0.4 is 0 Å². The number of hydrogen-bond donors (Lipinski definition) is 1. The normalized spacial score (nSPS) is 20.3. The molecule has 0 unspecified atom stereocenters. The number of amides is 1. The van der Waals surface area contributed by atoms with E-state index in [1.807, 2.05) is 17.0 Å². The summed E-state index contributed by atoms with van der Waals surface area (Å²) >= 11 is 1.75. The second-order valence-electron chi connectivity index (χ2n) is 7.09. The molecule has 0 bridgehead atoms. The minimum atomic E-state index is 0.102. The van der Waals surface area contributed by atoms with E-state index in [9.17, 15) is 9.90 Å². The van der Waals surface area contributed by atoms with Crippen molar-refractivity contribution < 1.29 is 9.90 Å². The van der Waals surface area contributed by atoms with Gasteiger partial charge in [-0.3, -0.25) is 4.79 Å². The third kappa shape index (κ3) is 4.51. The maximum atomic E-state index is 12.9. The zero-order valence-corrected chi connectivity index (χ0v) is 15.1. The molecule has 1 amide bonds. The molecule has 0 atom stereocenters. The van der Waals surface area contributed by atoms with E-state index >= 15 is 0 Å². The minimum absolute atomic E-state index is 0.102. The summed E-state index contributed by atoms with van der Waals surface area (Å²) in [7, 11) is 0. The Morgan fingerprint density at radius 1 is 1.17 bits per heavy atom. The van der Waals surface area contributed by atoms with Crippen molar-refractivity contribution in [2.24, 2.45) is 11.8 Å². The highest BCUT2D eigenvalue weighted by Crippen LogP contribution is 2.31. The lowest BCUT2D eigenvalue weighted by Gasteiger charge is -2.31. The van der Waals surface area contributed by atoms with Crippen LogP contribution in [0.25, 0.3) is 0 Å². The average Bonchev–Trinajstić information content (AvgIpc) is 2.67. The number of carbonyl (C=O) groups excluding carboxylic acids is 1. The zero-order chi connectivity index (χ0) is 16.8. The van der Waals surface area contributed by atoms with Crippen molar-refractivity contribution in [2.45, 2.75) is 50.0 Å². The van der Waals surface area contributed by atoms with Gasteiger partial charge in [0.05, 0.1) is 5.56 Å². The number of aromatic nitrogens is 1. The predicted molar refractivity (Wildman–Crippen MR) is 97.2 cm³/mol. The predicted octanol–water partition coefficient (Wildman–Crippen LogP) is 3.60. The number of aliphatic hydroxyl groups is 1. The van der Waals surface area contributed by atoms with Gasteiger partial charge in [0.1, 0.15) is 5.03 Å². The van der Waals surface area contributed by atoms with E-state index in [0.29, 0.717) is 5.92 Å². The first-order valence-electron chi connectivity index (χ1n) is 9.26. The molecule has 2 aliphatic rings. The van der Waals surface area contributed by atoms with E-state index in [4.69, 9.17) is 0 Å². The molecule has 2 heterocycles. The number of likely N-dealkylation sites (tertiary alicyclic amines) is 1. The van der Waals surface area contributed by atoms with E-state index in [-0.39, 0.29) is 12.5 Å². The molecule has 1 aromatic rings. The second kappa shape index (κ2) is 8.86. The van der Waals surface area contributed by atoms with Crippen LogP contribution in [0.4, 0.5) is 0 Å². The molecule has 2 fully saturated rings. The summed E-state index contributed by atoms with van der Waals surface area (Å²) in [5.74, 6) is 2.30. The van der Waals surface area contributed by atoms with E-state index in [1.165, 1.54) is 32.1 Å². The van der Waals surface area contributed by atoms with Crippen LogP contribution >= 0.6 is 11.8 Å². The molecule has 132 valence electrons. The van der Waals surface area contributed by atoms with Crippen molar-refractivity contribution in [2.75, 3.05) is 25.4 Å². The molecule has 1 saturated carbocycles. The Morgan fingerprint density at radius 3 is 2.62 bits per heavy atom. The summed E-state index contributed by atoms with van der Waals surface area (Å²) in [6.45, 7) is 1.72. The van der Waals surface area contributed by atoms with Gasteiger partial charge in [-0.1, -0.05) is 19.3 Å². The van der Waals surface area contributed by atoms with Crippen molar-refractivity contribution in [3.05, 3.63) is 23.9 Å². The monoisotopic (exact) mass is 348 g/mol. The number of aliphatic hydroxyl groups excluding tert-OH is 1. The Labute approximate surface area is 149 Å². The largest absolute Gasteiger partial charge is 0.396 e. The molecule has 4 nitrogen and oxygen atoms in total. The number of thioether (sulfide) groups is 1. The fraction of sp³-hybridized carbons (Fsp3) is 0.684. The van der Waals surface area contributed by atoms with Crippen LogP contribution in [0.5, 0.6) is 0 Å². The van der Waals surface area contributed by atoms with Gasteiger partial charge < -0.3 is 10.0 Å². The average molecular weight is 349 g/mol. The van der Waals surface area contributed by atoms with E-state index in [0.717, 1.165) is 48.2 Å². The molecule has 1 aliphatic heterocycles. The van der Waals surface area contributed by atoms with Crippen LogP contribution in [0.3, 0.4) is 0 Å². The summed E-state index contributed by atoms with van der Waals surface area (Å²) in [6.07, 6.45) is 10.3. The Hall–Kier alpha value is -1.07. The van der Waals surface area contributed by atoms with Crippen LogP contribution in [0.2, 0.25) is 0 Å². The fourth-order valence-corrected chi connectivity index (χ4v) is 4.88. The topological polar surface area (TPSA) is 53.4 Å². The smallest absolute Gasteiger partial charge is 0.256 e. The summed E-state index contributed by atoms with van der Waals surface area (Å²) in [6, 6.07) is 3.77. The highest BCUT2D eigenvalue weighted by atomic mass is 32.2. The van der Waals surface area contributed by atoms with Crippen LogP contribution in [0, 0.1) is 11.8 Å². The third-order valence-electron chi connectivity index (χ3n) is 5.34. The maximum absolute atomic E-state index is 12.9. The zero-order valence-electron chi connectivity index (χ0n) is 14.3. The van der Waals surface area contributed by atoms with Gasteiger partial charge in [0.15, 0.2) is 0 Å². The van der Waals surface area contributed by atoms with Gasteiger partial charge >= 0.3 is 0 Å². The van der Waals surface area contributed by atoms with Gasteiger partial charge in [-0.15, -0.1) is 11.8 Å². The van der Waals surface area contributed by atoms with E-state index < -0.39 is 0 Å². The van der Waals surface area contributed by atoms with Crippen LogP contribution in [-0.2, 0) is 0 Å². The molecule has 24 heavy (non-hydrogen) atoms. The standard InChI is InChI=1S/C19H28N2O2S/c22-13-15-8-11-21(12-9-15)19(23)17-7-4-10-20-18(17)24-14-16-5-2-1-3-6-16/h4,7,10,15-16,22H,1-3,5-6,8-9,11-14H2. The quantitative estimate of drug-likeness (QED) is 0.826. The van der Waals surface area contributed by atoms with Gasteiger partial charge in [0.25, 0.3) is 5.91 Å². The molecule has 1 N–H and O–H groups in total. The van der Waals surface area contributed by atoms with Gasteiger partial charge in [0, 0.05) is 31.6 Å². The van der Waals surface area contributed by atoms with Gasteiger partial charge in [-0.2, -0.15) is 0 Å². The molecule has 1 saturated heterocycles. The van der Waals surface area contributed by atoms with Gasteiger partial charge in [-0.05, 0) is 49.7 Å². The van der Waals surface area contributed by atoms with Crippen LogP contribution in [-0.4, -0.2) is 46.3 Å². The molecule has 0 radical (unpaired) electrons. The SMILES string of the molecule is O=C(c1cccnc1SCC1CCCCC1)N1CCC(CO)CC1. The number of hydrogen-bond acceptors (Lipinski definition) is 4. The minimum Gasteiger partial charge on any atom is -0.396 e. The first-order chi connectivity index (χ1) is 11.8. The van der Waals surface area contributed by atoms with Crippen LogP contribution in [0.15, 0.2) is 23.4 Å². The Kier molecular flexibility index (Phi) is 6.55. The summed E-state index contributed by atoms with van der Waals surface area (Å²) in [5, 5.41) is 10.1. The summed E-state index contributed by atoms with van der Waals surface area (Å²) in [5.41, 5.74) is 0.751. The molecule has 1 aromatic heterocycles. The molecule has 0 aromatic carbocycles. The third-order valence-corrected chi connectivity index (χ3v) is 6.58. The summed E-state index contributed by atoms with van der Waals surface area (Å²) < 4.78 is 0. The van der Waals surface area contributed by atoms with E-state index in [1.54, 1.807) is 18.0 Å². The van der Waals surface area contributed by atoms with E-state index in [2.05, 4.69) is 4.98 Å². The van der Waals surface area contributed by atoms with Gasteiger partial charge in [0.2, 0.25) is 0 Å². The second-order valence-corrected chi connectivity index (χ2v) is 8.10. The highest BCUT2D eigenvalue weighted by Gasteiger charge is 2.25. The number of nitrogens with zero attached hydrogens (tertiary/aromatic N) is 2. The first-order valence-corrected chi connectivity index (χ1v) is 10.2. The number of rotatable bonds is 5. The lowest BCUT2D eigenvalue weighted by atomic mass is 9.91. The Morgan fingerprint density at radius 2 is 1.92 bits per heavy atom. The molecule has 1 aliphatic carbocycles. The number of carbonyl (C=O) groups is 1. The van der Waals surface area contributed by atoms with Gasteiger partial charge in [-0.25, -0.2) is 4.98 Å². The lowest BCUT2D eigenvalue weighted by molar-refractivity contribution is 0.0646. The highest BCUT2D eigenvalue weighted by molar-refractivity contribution is 7.99. The van der Waals surface area contributed by atoms with Crippen LogP contribution in [0.1, 0.15) is 55.3 Å². The maximum Gasteiger partial charge on any atom is 0.256 e. The fourth-order valence-electron chi connectivity index (χ4n) is 3.71. The molecular formula is C19H28N2O2S. The number of piperidine rings is 1. The molecule has 3 rings (SSSR count).